The average molecular weight is 479 g/mol. The number of nitriles is 1. The maximum atomic E-state index is 12.3. The number of benzene rings is 1. The van der Waals surface area contributed by atoms with Crippen LogP contribution in [0, 0.1) is 11.3 Å². The summed E-state index contributed by atoms with van der Waals surface area (Å²) in [6, 6.07) is 13.4. The average Bonchev–Trinajstić information content (AvgIpc) is 2.88. The second kappa shape index (κ2) is 18.7. The van der Waals surface area contributed by atoms with Gasteiger partial charge in [0, 0.05) is 18.8 Å². The molecule has 2 rings (SSSR count). The van der Waals surface area contributed by atoms with E-state index in [1.165, 1.54) is 96.0 Å². The van der Waals surface area contributed by atoms with Gasteiger partial charge in [0.1, 0.15) is 12.7 Å². The SMILES string of the molecule is CCCCCCCCCCCCCCCCCCn1ccc(=O)c(OCc2ccccc2)c1C#N. The topological polar surface area (TPSA) is 55.0 Å². The molecule has 0 aliphatic rings. The van der Waals surface area contributed by atoms with Crippen LogP contribution in [0.15, 0.2) is 47.4 Å². The molecule has 0 amide bonds. The third kappa shape index (κ3) is 12.1. The van der Waals surface area contributed by atoms with Crippen molar-refractivity contribution < 1.29 is 4.74 Å². The molecule has 0 atom stereocenters. The Labute approximate surface area is 213 Å². The molecule has 1 heterocycles. The fourth-order valence-corrected chi connectivity index (χ4v) is 4.56. The predicted molar refractivity (Wildman–Crippen MR) is 146 cm³/mol. The quantitative estimate of drug-likeness (QED) is 0.179. The predicted octanol–water partition coefficient (Wildman–Crippen LogP) is 8.56. The van der Waals surface area contributed by atoms with Crippen molar-refractivity contribution in [2.45, 2.75) is 123 Å². The molecule has 0 aliphatic heterocycles. The lowest BCUT2D eigenvalue weighted by atomic mass is 10.0. The Morgan fingerprint density at radius 3 is 1.77 bits per heavy atom. The minimum Gasteiger partial charge on any atom is -0.482 e. The molecule has 0 bridgehead atoms. The van der Waals surface area contributed by atoms with Crippen LogP contribution < -0.4 is 10.2 Å². The van der Waals surface area contributed by atoms with Crippen LogP contribution in [0.1, 0.15) is 121 Å². The zero-order valence-corrected chi connectivity index (χ0v) is 22.0. The Balaban J connectivity index is 1.55. The van der Waals surface area contributed by atoms with E-state index in [9.17, 15) is 10.1 Å². The molecular weight excluding hydrogens is 432 g/mol. The fourth-order valence-electron chi connectivity index (χ4n) is 4.56. The van der Waals surface area contributed by atoms with Crippen molar-refractivity contribution in [3.63, 3.8) is 0 Å². The second-order valence-electron chi connectivity index (χ2n) is 9.74. The number of aryl methyl sites for hydroxylation is 1. The lowest BCUT2D eigenvalue weighted by Gasteiger charge is -2.13. The van der Waals surface area contributed by atoms with E-state index in [1.54, 1.807) is 6.20 Å². The summed E-state index contributed by atoms with van der Waals surface area (Å²) in [4.78, 5) is 12.3. The van der Waals surface area contributed by atoms with Gasteiger partial charge in [-0.25, -0.2) is 0 Å². The molecule has 0 spiro atoms. The number of aromatic nitrogens is 1. The number of pyridine rings is 1. The molecule has 2 aromatic rings. The maximum absolute atomic E-state index is 12.3. The Kier molecular flexibility index (Phi) is 15.4. The van der Waals surface area contributed by atoms with Crippen LogP contribution in [0.25, 0.3) is 0 Å². The zero-order valence-electron chi connectivity index (χ0n) is 22.0. The number of ether oxygens (including phenoxy) is 1. The van der Waals surface area contributed by atoms with E-state index in [0.29, 0.717) is 5.69 Å². The summed E-state index contributed by atoms with van der Waals surface area (Å²) in [6.07, 6.45) is 23.1. The molecule has 0 aliphatic carbocycles. The highest BCUT2D eigenvalue weighted by Crippen LogP contribution is 2.17. The molecule has 0 radical (unpaired) electrons. The van der Waals surface area contributed by atoms with Crippen LogP contribution in [-0.2, 0) is 13.2 Å². The summed E-state index contributed by atoms with van der Waals surface area (Å²) in [5.74, 6) is 0.162. The molecule has 0 saturated carbocycles. The molecule has 4 heteroatoms. The van der Waals surface area contributed by atoms with Gasteiger partial charge in [0.05, 0.1) is 0 Å². The van der Waals surface area contributed by atoms with E-state index in [4.69, 9.17) is 4.74 Å². The van der Waals surface area contributed by atoms with E-state index in [-0.39, 0.29) is 17.8 Å². The highest BCUT2D eigenvalue weighted by Gasteiger charge is 2.12. The van der Waals surface area contributed by atoms with E-state index in [2.05, 4.69) is 13.0 Å². The summed E-state index contributed by atoms with van der Waals surface area (Å²) in [7, 11) is 0. The van der Waals surface area contributed by atoms with E-state index < -0.39 is 0 Å². The smallest absolute Gasteiger partial charge is 0.224 e. The van der Waals surface area contributed by atoms with Crippen molar-refractivity contribution in [1.29, 1.82) is 5.26 Å². The highest BCUT2D eigenvalue weighted by atomic mass is 16.5. The van der Waals surface area contributed by atoms with Gasteiger partial charge in [0.15, 0.2) is 5.69 Å². The third-order valence-corrected chi connectivity index (χ3v) is 6.72. The molecule has 0 N–H and O–H groups in total. The summed E-state index contributed by atoms with van der Waals surface area (Å²) in [5.41, 5.74) is 1.07. The highest BCUT2D eigenvalue weighted by molar-refractivity contribution is 5.38. The van der Waals surface area contributed by atoms with Crippen LogP contribution in [0.3, 0.4) is 0 Å². The first-order valence-corrected chi connectivity index (χ1v) is 14.1. The van der Waals surface area contributed by atoms with Gasteiger partial charge in [0.25, 0.3) is 0 Å². The minimum atomic E-state index is -0.235. The second-order valence-corrected chi connectivity index (χ2v) is 9.74. The van der Waals surface area contributed by atoms with E-state index in [0.717, 1.165) is 24.9 Å². The summed E-state index contributed by atoms with van der Waals surface area (Å²) < 4.78 is 7.63. The molecule has 35 heavy (non-hydrogen) atoms. The van der Waals surface area contributed by atoms with Crippen molar-refractivity contribution >= 4 is 0 Å². The lowest BCUT2D eigenvalue weighted by Crippen LogP contribution is -2.15. The number of hydrogen-bond donors (Lipinski definition) is 0. The Hall–Kier alpha value is -2.54. The lowest BCUT2D eigenvalue weighted by molar-refractivity contribution is 0.298. The van der Waals surface area contributed by atoms with Gasteiger partial charge in [0.2, 0.25) is 11.2 Å². The summed E-state index contributed by atoms with van der Waals surface area (Å²) in [5, 5.41) is 9.67. The normalized spacial score (nSPS) is 10.9. The Bertz CT molecular complexity index is 898. The molecule has 0 fully saturated rings. The van der Waals surface area contributed by atoms with Crippen LogP contribution in [-0.4, -0.2) is 4.57 Å². The molecule has 192 valence electrons. The molecule has 0 unspecified atom stereocenters. The van der Waals surface area contributed by atoms with Crippen LogP contribution in [0.2, 0.25) is 0 Å². The van der Waals surface area contributed by atoms with Crippen molar-refractivity contribution in [2.24, 2.45) is 0 Å². The molecule has 0 saturated heterocycles. The molecule has 1 aromatic carbocycles. The Morgan fingerprint density at radius 2 is 1.26 bits per heavy atom. The van der Waals surface area contributed by atoms with Gasteiger partial charge < -0.3 is 9.30 Å². The summed E-state index contributed by atoms with van der Waals surface area (Å²) >= 11 is 0. The molecule has 4 nitrogen and oxygen atoms in total. The number of rotatable bonds is 20. The number of unbranched alkanes of at least 4 members (excludes halogenated alkanes) is 15. The zero-order chi connectivity index (χ0) is 25.0. The number of nitrogens with zero attached hydrogens (tertiary/aromatic N) is 2. The monoisotopic (exact) mass is 478 g/mol. The van der Waals surface area contributed by atoms with E-state index in [1.807, 2.05) is 34.9 Å². The standard InChI is InChI=1S/C31H46N2O2/c1-2-3-4-5-6-7-8-9-10-11-12-13-14-15-16-20-24-33-25-23-30(34)31(29(33)26-32)35-27-28-21-18-17-19-22-28/h17-19,21-23,25H,2-16,20,24,27H2,1H3. The number of hydrogen-bond acceptors (Lipinski definition) is 3. The van der Waals surface area contributed by atoms with Crippen LogP contribution >= 0.6 is 0 Å². The van der Waals surface area contributed by atoms with Gasteiger partial charge >= 0.3 is 0 Å². The van der Waals surface area contributed by atoms with E-state index >= 15 is 0 Å². The van der Waals surface area contributed by atoms with Crippen LogP contribution in [0.4, 0.5) is 0 Å². The molecular formula is C31H46N2O2. The van der Waals surface area contributed by atoms with Gasteiger partial charge in [-0.3, -0.25) is 4.79 Å². The molecule has 1 aromatic heterocycles. The summed E-state index contributed by atoms with van der Waals surface area (Å²) in [6.45, 7) is 3.30. The van der Waals surface area contributed by atoms with Gasteiger partial charge in [-0.2, -0.15) is 5.26 Å². The minimum absolute atomic E-state index is 0.162. The van der Waals surface area contributed by atoms with Crippen molar-refractivity contribution in [2.75, 3.05) is 0 Å². The first-order valence-electron chi connectivity index (χ1n) is 14.1. The third-order valence-electron chi connectivity index (χ3n) is 6.72. The Morgan fingerprint density at radius 1 is 0.743 bits per heavy atom. The van der Waals surface area contributed by atoms with Gasteiger partial charge in [-0.05, 0) is 12.0 Å². The van der Waals surface area contributed by atoms with Crippen molar-refractivity contribution in [1.82, 2.24) is 4.57 Å². The van der Waals surface area contributed by atoms with Crippen molar-refractivity contribution in [3.8, 4) is 11.8 Å². The first kappa shape index (κ1) is 28.7. The van der Waals surface area contributed by atoms with Crippen LogP contribution in [0.5, 0.6) is 5.75 Å². The largest absolute Gasteiger partial charge is 0.482 e. The van der Waals surface area contributed by atoms with Gasteiger partial charge in [-0.1, -0.05) is 134 Å². The first-order chi connectivity index (χ1) is 17.3. The maximum Gasteiger partial charge on any atom is 0.224 e. The fraction of sp³-hybridized carbons (Fsp3) is 0.613. The van der Waals surface area contributed by atoms with Crippen molar-refractivity contribution in [3.05, 3.63) is 64.1 Å². The van der Waals surface area contributed by atoms with Gasteiger partial charge in [-0.15, -0.1) is 0 Å².